The third kappa shape index (κ3) is 6.40. The van der Waals surface area contributed by atoms with Crippen LogP contribution in [0.5, 0.6) is 0 Å². The molecule has 0 aromatic heterocycles. The Morgan fingerprint density at radius 3 is 2.52 bits per heavy atom. The molecule has 1 heterocycles. The second-order valence-corrected chi connectivity index (χ2v) is 6.06. The molecule has 0 bridgehead atoms. The predicted octanol–water partition coefficient (Wildman–Crippen LogP) is 2.92. The highest BCUT2D eigenvalue weighted by Gasteiger charge is 2.18. The van der Waals surface area contributed by atoms with Gasteiger partial charge in [0.25, 0.3) is 0 Å². The van der Waals surface area contributed by atoms with Crippen molar-refractivity contribution in [2.45, 2.75) is 44.6 Å². The molecule has 2 rings (SSSR count). The van der Waals surface area contributed by atoms with Crippen LogP contribution in [0.15, 0.2) is 30.3 Å². The molecule has 1 atom stereocenters. The molecule has 1 fully saturated rings. The first-order chi connectivity index (χ1) is 11.1. The Morgan fingerprint density at radius 2 is 1.87 bits per heavy atom. The van der Waals surface area contributed by atoms with Crippen molar-refractivity contribution in [2.24, 2.45) is 5.92 Å². The number of carbonyl (C=O) groups is 2. The van der Waals surface area contributed by atoms with Gasteiger partial charge in [-0.25, -0.2) is 0 Å². The van der Waals surface area contributed by atoms with E-state index in [1.807, 2.05) is 30.3 Å². The summed E-state index contributed by atoms with van der Waals surface area (Å²) in [6, 6.07) is 9.31. The fourth-order valence-corrected chi connectivity index (χ4v) is 2.91. The highest BCUT2D eigenvalue weighted by Crippen LogP contribution is 2.22. The first-order valence-corrected chi connectivity index (χ1v) is 8.29. The van der Waals surface area contributed by atoms with Crippen LogP contribution in [0.3, 0.4) is 0 Å². The van der Waals surface area contributed by atoms with E-state index in [4.69, 9.17) is 9.84 Å². The summed E-state index contributed by atoms with van der Waals surface area (Å²) in [7, 11) is 0. The van der Waals surface area contributed by atoms with Crippen molar-refractivity contribution in [2.75, 3.05) is 13.2 Å². The predicted molar refractivity (Wildman–Crippen MR) is 87.0 cm³/mol. The number of hydrogen-bond acceptors (Lipinski definition) is 3. The number of carbonyl (C=O) groups excluding carboxylic acids is 1. The second kappa shape index (κ2) is 9.30. The maximum absolute atomic E-state index is 12.2. The van der Waals surface area contributed by atoms with E-state index in [1.54, 1.807) is 0 Å². The molecule has 1 aliphatic rings. The maximum Gasteiger partial charge on any atom is 0.303 e. The smallest absolute Gasteiger partial charge is 0.303 e. The standard InChI is InChI=1S/C18H25NO4/c20-17(8-6-14-10-12-23-13-11-14)19-16(7-9-18(21)22)15-4-2-1-3-5-15/h1-5,14,16H,6-13H2,(H,19,20)(H,21,22). The lowest BCUT2D eigenvalue weighted by Gasteiger charge is -2.23. The average molecular weight is 319 g/mol. The molecule has 1 aromatic rings. The number of amides is 1. The molecule has 5 heteroatoms. The van der Waals surface area contributed by atoms with E-state index in [0.717, 1.165) is 38.0 Å². The minimum Gasteiger partial charge on any atom is -0.481 e. The van der Waals surface area contributed by atoms with Crippen molar-refractivity contribution in [3.63, 3.8) is 0 Å². The normalized spacial score (nSPS) is 16.7. The Kier molecular flexibility index (Phi) is 7.07. The summed E-state index contributed by atoms with van der Waals surface area (Å²) in [4.78, 5) is 23.1. The Morgan fingerprint density at radius 1 is 1.17 bits per heavy atom. The van der Waals surface area contributed by atoms with Gasteiger partial charge in [-0.2, -0.15) is 0 Å². The molecule has 1 aliphatic heterocycles. The topological polar surface area (TPSA) is 75.6 Å². The number of carboxylic acid groups (broad SMARTS) is 1. The van der Waals surface area contributed by atoms with Crippen molar-refractivity contribution >= 4 is 11.9 Å². The van der Waals surface area contributed by atoms with Crippen LogP contribution in [0.2, 0.25) is 0 Å². The average Bonchev–Trinajstić information content (AvgIpc) is 2.58. The lowest BCUT2D eigenvalue weighted by Crippen LogP contribution is -2.29. The summed E-state index contributed by atoms with van der Waals surface area (Å²) >= 11 is 0. The molecule has 0 spiro atoms. The van der Waals surface area contributed by atoms with Crippen molar-refractivity contribution in [1.82, 2.24) is 5.32 Å². The fraction of sp³-hybridized carbons (Fsp3) is 0.556. The Hall–Kier alpha value is -1.88. The van der Waals surface area contributed by atoms with E-state index in [9.17, 15) is 9.59 Å². The van der Waals surface area contributed by atoms with E-state index < -0.39 is 5.97 Å². The first kappa shape index (κ1) is 17.5. The molecule has 1 amide bonds. The first-order valence-electron chi connectivity index (χ1n) is 8.29. The summed E-state index contributed by atoms with van der Waals surface area (Å²) in [6.45, 7) is 1.58. The molecule has 1 unspecified atom stereocenters. The Labute approximate surface area is 137 Å². The van der Waals surface area contributed by atoms with Crippen molar-refractivity contribution in [3.05, 3.63) is 35.9 Å². The Balaban J connectivity index is 1.85. The number of hydrogen-bond donors (Lipinski definition) is 2. The molecule has 1 aromatic carbocycles. The van der Waals surface area contributed by atoms with Crippen LogP contribution >= 0.6 is 0 Å². The van der Waals surface area contributed by atoms with Gasteiger partial charge >= 0.3 is 5.97 Å². The van der Waals surface area contributed by atoms with Gasteiger partial charge < -0.3 is 15.2 Å². The van der Waals surface area contributed by atoms with Gasteiger partial charge in [0.1, 0.15) is 0 Å². The molecule has 126 valence electrons. The van der Waals surface area contributed by atoms with E-state index >= 15 is 0 Å². The third-order valence-electron chi connectivity index (χ3n) is 4.30. The number of nitrogens with one attached hydrogen (secondary N) is 1. The highest BCUT2D eigenvalue weighted by molar-refractivity contribution is 5.76. The lowest BCUT2D eigenvalue weighted by atomic mass is 9.94. The van der Waals surface area contributed by atoms with E-state index in [0.29, 0.717) is 18.8 Å². The van der Waals surface area contributed by atoms with Gasteiger partial charge in [0.15, 0.2) is 0 Å². The summed E-state index contributed by atoms with van der Waals surface area (Å²) in [5.74, 6) is -0.290. The lowest BCUT2D eigenvalue weighted by molar-refractivity contribution is -0.137. The molecule has 5 nitrogen and oxygen atoms in total. The summed E-state index contributed by atoms with van der Waals surface area (Å²) in [5, 5.41) is 11.9. The number of ether oxygens (including phenoxy) is 1. The van der Waals surface area contributed by atoms with Crippen LogP contribution in [0.25, 0.3) is 0 Å². The molecule has 0 radical (unpaired) electrons. The molecule has 2 N–H and O–H groups in total. The van der Waals surface area contributed by atoms with Crippen molar-refractivity contribution < 1.29 is 19.4 Å². The van der Waals surface area contributed by atoms with Gasteiger partial charge in [-0.05, 0) is 37.2 Å². The summed E-state index contributed by atoms with van der Waals surface area (Å²) < 4.78 is 5.33. The van der Waals surface area contributed by atoms with Gasteiger partial charge in [-0.15, -0.1) is 0 Å². The zero-order valence-electron chi connectivity index (χ0n) is 13.4. The third-order valence-corrected chi connectivity index (χ3v) is 4.30. The molecule has 23 heavy (non-hydrogen) atoms. The zero-order chi connectivity index (χ0) is 16.5. The second-order valence-electron chi connectivity index (χ2n) is 6.06. The summed E-state index contributed by atoms with van der Waals surface area (Å²) in [6.07, 6.45) is 3.85. The number of carboxylic acids is 1. The van der Waals surface area contributed by atoms with E-state index in [2.05, 4.69) is 5.32 Å². The summed E-state index contributed by atoms with van der Waals surface area (Å²) in [5.41, 5.74) is 0.952. The van der Waals surface area contributed by atoms with Crippen LogP contribution in [-0.2, 0) is 14.3 Å². The van der Waals surface area contributed by atoms with Crippen LogP contribution in [0, 0.1) is 5.92 Å². The minimum absolute atomic E-state index is 0.00395. The highest BCUT2D eigenvalue weighted by atomic mass is 16.5. The van der Waals surface area contributed by atoms with Gasteiger partial charge in [0.05, 0.1) is 6.04 Å². The molecule has 1 saturated heterocycles. The van der Waals surface area contributed by atoms with Crippen molar-refractivity contribution in [1.29, 1.82) is 0 Å². The van der Waals surface area contributed by atoms with Crippen LogP contribution in [0.4, 0.5) is 0 Å². The fourth-order valence-electron chi connectivity index (χ4n) is 2.91. The molecule has 0 saturated carbocycles. The molecule has 0 aliphatic carbocycles. The van der Waals surface area contributed by atoms with Gasteiger partial charge in [0.2, 0.25) is 5.91 Å². The largest absolute Gasteiger partial charge is 0.481 e. The maximum atomic E-state index is 12.2. The van der Waals surface area contributed by atoms with Gasteiger partial charge in [-0.3, -0.25) is 9.59 Å². The molecular weight excluding hydrogens is 294 g/mol. The van der Waals surface area contributed by atoms with E-state index in [-0.39, 0.29) is 18.4 Å². The zero-order valence-corrected chi connectivity index (χ0v) is 13.4. The van der Waals surface area contributed by atoms with Crippen molar-refractivity contribution in [3.8, 4) is 0 Å². The van der Waals surface area contributed by atoms with Gasteiger partial charge in [-0.1, -0.05) is 30.3 Å². The Bertz CT molecular complexity index is 497. The minimum atomic E-state index is -0.845. The number of aliphatic carboxylic acids is 1. The van der Waals surface area contributed by atoms with Crippen LogP contribution in [0.1, 0.15) is 50.1 Å². The van der Waals surface area contributed by atoms with E-state index in [1.165, 1.54) is 0 Å². The van der Waals surface area contributed by atoms with Crippen LogP contribution < -0.4 is 5.32 Å². The number of benzene rings is 1. The monoisotopic (exact) mass is 319 g/mol. The number of rotatable bonds is 8. The SMILES string of the molecule is O=C(O)CCC(NC(=O)CCC1CCOCC1)c1ccccc1. The quantitative estimate of drug-likeness (QED) is 0.772. The van der Waals surface area contributed by atoms with Crippen LogP contribution in [-0.4, -0.2) is 30.2 Å². The molecular formula is C18H25NO4. The van der Waals surface area contributed by atoms with Gasteiger partial charge in [0, 0.05) is 26.1 Å².